The van der Waals surface area contributed by atoms with Gasteiger partial charge in [0.25, 0.3) is 0 Å². The Balaban J connectivity index is 2.76. The molecule has 2 nitrogen and oxygen atoms in total. The third-order valence-corrected chi connectivity index (χ3v) is 2.87. The first kappa shape index (κ1) is 12.2. The van der Waals surface area contributed by atoms with E-state index < -0.39 is 0 Å². The van der Waals surface area contributed by atoms with Crippen molar-refractivity contribution in [2.75, 3.05) is 31.5 Å². The second-order valence-electron chi connectivity index (χ2n) is 3.81. The summed E-state index contributed by atoms with van der Waals surface area (Å²) in [6.45, 7) is 3.07. The molecule has 0 radical (unpaired) electrons. The average molecular weight is 228 g/mol. The quantitative estimate of drug-likeness (QED) is 0.717. The third kappa shape index (κ3) is 3.31. The Morgan fingerprint density at radius 3 is 2.67 bits per heavy atom. The minimum atomic E-state index is 0.474. The molecule has 0 aliphatic carbocycles. The highest BCUT2D eigenvalue weighted by molar-refractivity contribution is 6.18. The molecule has 0 N–H and O–H groups in total. The molecule has 0 aromatic heterocycles. The van der Waals surface area contributed by atoms with Crippen LogP contribution in [0.2, 0.25) is 0 Å². The fourth-order valence-electron chi connectivity index (χ4n) is 1.56. The Kier molecular flexibility index (Phi) is 4.76. The van der Waals surface area contributed by atoms with Gasteiger partial charge in [-0.25, -0.2) is 0 Å². The Morgan fingerprint density at radius 2 is 2.07 bits per heavy atom. The van der Waals surface area contributed by atoms with Gasteiger partial charge in [0, 0.05) is 19.5 Å². The fourth-order valence-corrected chi connectivity index (χ4v) is 1.66. The van der Waals surface area contributed by atoms with Crippen molar-refractivity contribution < 1.29 is 4.74 Å². The van der Waals surface area contributed by atoms with Crippen LogP contribution >= 0.6 is 11.6 Å². The van der Waals surface area contributed by atoms with E-state index in [2.05, 4.69) is 24.9 Å². The zero-order valence-corrected chi connectivity index (χ0v) is 10.3. The number of ether oxygens (including phenoxy) is 1. The van der Waals surface area contributed by atoms with Crippen LogP contribution in [0.4, 0.5) is 5.69 Å². The standard InChI is InChI=1S/C12H18ClNO/c1-10(8-13)9-14(2)11-6-4-5-7-12(11)15-3/h4-7,10H,8-9H2,1-3H3. The van der Waals surface area contributed by atoms with Gasteiger partial charge in [0.15, 0.2) is 0 Å². The van der Waals surface area contributed by atoms with E-state index in [1.807, 2.05) is 18.2 Å². The molecule has 0 saturated carbocycles. The molecule has 1 unspecified atom stereocenters. The summed E-state index contributed by atoms with van der Waals surface area (Å²) >= 11 is 5.80. The van der Waals surface area contributed by atoms with Crippen LogP contribution in [0.15, 0.2) is 24.3 Å². The number of benzene rings is 1. The van der Waals surface area contributed by atoms with Gasteiger partial charge in [-0.15, -0.1) is 11.6 Å². The van der Waals surface area contributed by atoms with E-state index in [9.17, 15) is 0 Å². The summed E-state index contributed by atoms with van der Waals surface area (Å²) in [6.07, 6.45) is 0. The van der Waals surface area contributed by atoms with Gasteiger partial charge in [-0.3, -0.25) is 0 Å². The summed E-state index contributed by atoms with van der Waals surface area (Å²) in [5, 5.41) is 0. The van der Waals surface area contributed by atoms with Crippen LogP contribution in [0, 0.1) is 5.92 Å². The number of nitrogens with zero attached hydrogens (tertiary/aromatic N) is 1. The highest BCUT2D eigenvalue weighted by Crippen LogP contribution is 2.26. The smallest absolute Gasteiger partial charge is 0.142 e. The monoisotopic (exact) mass is 227 g/mol. The van der Waals surface area contributed by atoms with Crippen LogP contribution in [0.5, 0.6) is 5.75 Å². The van der Waals surface area contributed by atoms with Gasteiger partial charge in [0.05, 0.1) is 12.8 Å². The predicted molar refractivity (Wildman–Crippen MR) is 66.1 cm³/mol. The van der Waals surface area contributed by atoms with Gasteiger partial charge in [-0.05, 0) is 18.1 Å². The molecule has 0 aliphatic rings. The number of rotatable bonds is 5. The molecule has 0 fully saturated rings. The molecular formula is C12H18ClNO. The number of halogens is 1. The summed E-state index contributed by atoms with van der Waals surface area (Å²) in [6, 6.07) is 8.01. The first-order chi connectivity index (χ1) is 7.19. The van der Waals surface area contributed by atoms with E-state index in [0.717, 1.165) is 18.0 Å². The van der Waals surface area contributed by atoms with Gasteiger partial charge in [-0.2, -0.15) is 0 Å². The van der Waals surface area contributed by atoms with Crippen LogP contribution in [0.25, 0.3) is 0 Å². The lowest BCUT2D eigenvalue weighted by molar-refractivity contribution is 0.414. The molecule has 1 atom stereocenters. The lowest BCUT2D eigenvalue weighted by Crippen LogP contribution is -2.25. The van der Waals surface area contributed by atoms with E-state index in [4.69, 9.17) is 16.3 Å². The molecule has 0 amide bonds. The molecule has 84 valence electrons. The minimum Gasteiger partial charge on any atom is -0.495 e. The van der Waals surface area contributed by atoms with Crippen molar-refractivity contribution in [3.63, 3.8) is 0 Å². The Morgan fingerprint density at radius 1 is 1.40 bits per heavy atom. The van der Waals surface area contributed by atoms with Gasteiger partial charge in [0.1, 0.15) is 5.75 Å². The topological polar surface area (TPSA) is 12.5 Å². The highest BCUT2D eigenvalue weighted by Gasteiger charge is 2.09. The summed E-state index contributed by atoms with van der Waals surface area (Å²) in [5.74, 6) is 2.06. The fraction of sp³-hybridized carbons (Fsp3) is 0.500. The highest BCUT2D eigenvalue weighted by atomic mass is 35.5. The van der Waals surface area contributed by atoms with Crippen LogP contribution in [-0.2, 0) is 0 Å². The first-order valence-electron chi connectivity index (χ1n) is 5.09. The van der Waals surface area contributed by atoms with Crippen LogP contribution in [-0.4, -0.2) is 26.6 Å². The molecule has 0 heterocycles. The van der Waals surface area contributed by atoms with E-state index in [1.54, 1.807) is 7.11 Å². The van der Waals surface area contributed by atoms with E-state index in [-0.39, 0.29) is 0 Å². The lowest BCUT2D eigenvalue weighted by Gasteiger charge is -2.24. The molecule has 15 heavy (non-hydrogen) atoms. The van der Waals surface area contributed by atoms with Crippen molar-refractivity contribution in [2.24, 2.45) is 5.92 Å². The Labute approximate surface area is 96.8 Å². The molecule has 3 heteroatoms. The third-order valence-electron chi connectivity index (χ3n) is 2.35. The number of para-hydroxylation sites is 2. The van der Waals surface area contributed by atoms with Gasteiger partial charge >= 0.3 is 0 Å². The lowest BCUT2D eigenvalue weighted by atomic mass is 10.2. The minimum absolute atomic E-state index is 0.474. The normalized spacial score (nSPS) is 12.3. The second kappa shape index (κ2) is 5.86. The maximum absolute atomic E-state index is 5.80. The molecular weight excluding hydrogens is 210 g/mol. The number of alkyl halides is 1. The van der Waals surface area contributed by atoms with Crippen molar-refractivity contribution in [3.05, 3.63) is 24.3 Å². The molecule has 1 aromatic rings. The molecule has 0 bridgehead atoms. The van der Waals surface area contributed by atoms with Crippen molar-refractivity contribution in [3.8, 4) is 5.75 Å². The zero-order chi connectivity index (χ0) is 11.3. The zero-order valence-electron chi connectivity index (χ0n) is 9.53. The van der Waals surface area contributed by atoms with Crippen molar-refractivity contribution in [1.82, 2.24) is 0 Å². The van der Waals surface area contributed by atoms with Gasteiger partial charge in [-0.1, -0.05) is 19.1 Å². The largest absolute Gasteiger partial charge is 0.495 e. The van der Waals surface area contributed by atoms with Crippen LogP contribution in [0.1, 0.15) is 6.92 Å². The SMILES string of the molecule is COc1ccccc1N(C)CC(C)CCl. The molecule has 0 saturated heterocycles. The first-order valence-corrected chi connectivity index (χ1v) is 5.62. The maximum atomic E-state index is 5.80. The average Bonchev–Trinajstić information content (AvgIpc) is 2.28. The summed E-state index contributed by atoms with van der Waals surface area (Å²) in [7, 11) is 3.75. The van der Waals surface area contributed by atoms with Gasteiger partial charge in [0.2, 0.25) is 0 Å². The molecule has 1 aromatic carbocycles. The molecule has 1 rings (SSSR count). The number of methoxy groups -OCH3 is 1. The maximum Gasteiger partial charge on any atom is 0.142 e. The summed E-state index contributed by atoms with van der Waals surface area (Å²) < 4.78 is 5.31. The number of anilines is 1. The van der Waals surface area contributed by atoms with Crippen molar-refractivity contribution >= 4 is 17.3 Å². The second-order valence-corrected chi connectivity index (χ2v) is 4.12. The van der Waals surface area contributed by atoms with Crippen molar-refractivity contribution in [2.45, 2.75) is 6.92 Å². The molecule has 0 spiro atoms. The van der Waals surface area contributed by atoms with Crippen LogP contribution < -0.4 is 9.64 Å². The predicted octanol–water partition coefficient (Wildman–Crippen LogP) is 3.01. The Hall–Kier alpha value is -0.890. The summed E-state index contributed by atoms with van der Waals surface area (Å²) in [5.41, 5.74) is 1.11. The van der Waals surface area contributed by atoms with E-state index in [0.29, 0.717) is 11.8 Å². The van der Waals surface area contributed by atoms with E-state index >= 15 is 0 Å². The number of hydrogen-bond acceptors (Lipinski definition) is 2. The summed E-state index contributed by atoms with van der Waals surface area (Å²) in [4.78, 5) is 2.17. The van der Waals surface area contributed by atoms with Crippen LogP contribution in [0.3, 0.4) is 0 Å². The van der Waals surface area contributed by atoms with Crippen molar-refractivity contribution in [1.29, 1.82) is 0 Å². The van der Waals surface area contributed by atoms with E-state index in [1.165, 1.54) is 0 Å². The number of hydrogen-bond donors (Lipinski definition) is 0. The molecule has 0 aliphatic heterocycles. The van der Waals surface area contributed by atoms with Gasteiger partial charge < -0.3 is 9.64 Å². The Bertz CT molecular complexity index is 303.